The van der Waals surface area contributed by atoms with Crippen LogP contribution in [0.25, 0.3) is 0 Å². The molecular formula is C24H28N2O6. The summed E-state index contributed by atoms with van der Waals surface area (Å²) in [7, 11) is 1.47. The maximum atomic E-state index is 12.7. The SMILES string of the molecule is CN(CC(=O)N1CCOCC1)C(=O)O[C@@H](Cc1ccccc1)C(=O)OCc1ccccc1. The summed E-state index contributed by atoms with van der Waals surface area (Å²) in [4.78, 5) is 40.6. The number of benzene rings is 2. The van der Waals surface area contributed by atoms with E-state index in [2.05, 4.69) is 0 Å². The van der Waals surface area contributed by atoms with Gasteiger partial charge in [0, 0.05) is 26.6 Å². The number of carbonyl (C=O) groups is 3. The van der Waals surface area contributed by atoms with E-state index in [1.165, 1.54) is 11.9 Å². The Labute approximate surface area is 187 Å². The molecule has 3 rings (SSSR count). The van der Waals surface area contributed by atoms with Crippen LogP contribution >= 0.6 is 0 Å². The highest BCUT2D eigenvalue weighted by molar-refractivity contribution is 5.84. The second-order valence-corrected chi connectivity index (χ2v) is 7.50. The molecule has 1 atom stereocenters. The molecule has 0 aliphatic carbocycles. The van der Waals surface area contributed by atoms with Gasteiger partial charge >= 0.3 is 12.1 Å². The lowest BCUT2D eigenvalue weighted by molar-refractivity contribution is -0.155. The monoisotopic (exact) mass is 440 g/mol. The molecule has 2 amide bonds. The summed E-state index contributed by atoms with van der Waals surface area (Å²) in [6.07, 6.45) is -1.72. The summed E-state index contributed by atoms with van der Waals surface area (Å²) in [5.74, 6) is -0.835. The smallest absolute Gasteiger partial charge is 0.410 e. The normalized spacial score (nSPS) is 14.3. The minimum atomic E-state index is -1.13. The fourth-order valence-corrected chi connectivity index (χ4v) is 3.21. The number of hydrogen-bond donors (Lipinski definition) is 0. The molecule has 0 unspecified atom stereocenters. The fourth-order valence-electron chi connectivity index (χ4n) is 3.21. The fraction of sp³-hybridized carbons (Fsp3) is 0.375. The van der Waals surface area contributed by atoms with Crippen molar-refractivity contribution in [3.05, 3.63) is 71.8 Å². The highest BCUT2D eigenvalue weighted by Gasteiger charge is 2.28. The molecule has 1 saturated heterocycles. The molecule has 0 saturated carbocycles. The number of nitrogens with zero attached hydrogens (tertiary/aromatic N) is 2. The van der Waals surface area contributed by atoms with Crippen LogP contribution in [0.5, 0.6) is 0 Å². The molecule has 1 heterocycles. The van der Waals surface area contributed by atoms with E-state index in [1.54, 1.807) is 4.90 Å². The molecule has 0 N–H and O–H groups in total. The molecule has 1 aliphatic rings. The Kier molecular flexibility index (Phi) is 8.62. The van der Waals surface area contributed by atoms with Crippen LogP contribution in [0.4, 0.5) is 4.79 Å². The van der Waals surface area contributed by atoms with Gasteiger partial charge in [-0.1, -0.05) is 60.7 Å². The third-order valence-electron chi connectivity index (χ3n) is 5.04. The number of ether oxygens (including phenoxy) is 3. The van der Waals surface area contributed by atoms with Gasteiger partial charge in [-0.25, -0.2) is 9.59 Å². The highest BCUT2D eigenvalue weighted by atomic mass is 16.6. The number of carbonyl (C=O) groups excluding carboxylic acids is 3. The minimum Gasteiger partial charge on any atom is -0.458 e. The molecule has 0 bridgehead atoms. The van der Waals surface area contributed by atoms with E-state index >= 15 is 0 Å². The molecule has 1 fully saturated rings. The molecule has 1 aliphatic heterocycles. The van der Waals surface area contributed by atoms with Gasteiger partial charge in [-0.05, 0) is 11.1 Å². The van der Waals surface area contributed by atoms with Gasteiger partial charge < -0.3 is 24.0 Å². The van der Waals surface area contributed by atoms with E-state index in [4.69, 9.17) is 14.2 Å². The number of likely N-dealkylation sites (N-methyl/N-ethyl adjacent to an activating group) is 1. The molecule has 2 aromatic rings. The average molecular weight is 440 g/mol. The third-order valence-corrected chi connectivity index (χ3v) is 5.04. The number of rotatable bonds is 8. The van der Waals surface area contributed by atoms with Crippen molar-refractivity contribution in [2.24, 2.45) is 0 Å². The van der Waals surface area contributed by atoms with E-state index in [0.717, 1.165) is 11.1 Å². The lowest BCUT2D eigenvalue weighted by Gasteiger charge is -2.29. The lowest BCUT2D eigenvalue weighted by atomic mass is 10.1. The summed E-state index contributed by atoms with van der Waals surface area (Å²) < 4.78 is 16.1. The predicted octanol–water partition coefficient (Wildman–Crippen LogP) is 2.27. The highest BCUT2D eigenvalue weighted by Crippen LogP contribution is 2.12. The molecule has 2 aromatic carbocycles. The van der Waals surface area contributed by atoms with Gasteiger partial charge in [0.15, 0.2) is 0 Å². The Hall–Kier alpha value is -3.39. The zero-order chi connectivity index (χ0) is 22.8. The molecule has 0 aromatic heterocycles. The first kappa shape index (κ1) is 23.3. The quantitative estimate of drug-likeness (QED) is 0.586. The zero-order valence-electron chi connectivity index (χ0n) is 18.1. The summed E-state index contributed by atoms with van der Waals surface area (Å²) in [5, 5.41) is 0. The maximum Gasteiger partial charge on any atom is 0.410 e. The summed E-state index contributed by atoms with van der Waals surface area (Å²) >= 11 is 0. The van der Waals surface area contributed by atoms with E-state index in [1.807, 2.05) is 60.7 Å². The van der Waals surface area contributed by atoms with Crippen molar-refractivity contribution in [2.45, 2.75) is 19.1 Å². The average Bonchev–Trinajstić information content (AvgIpc) is 2.83. The minimum absolute atomic E-state index is 0.0773. The van der Waals surface area contributed by atoms with Crippen molar-refractivity contribution in [2.75, 3.05) is 39.9 Å². The van der Waals surface area contributed by atoms with Gasteiger partial charge in [-0.15, -0.1) is 0 Å². The van der Waals surface area contributed by atoms with E-state index in [-0.39, 0.29) is 25.5 Å². The number of hydrogen-bond acceptors (Lipinski definition) is 6. The molecule has 32 heavy (non-hydrogen) atoms. The largest absolute Gasteiger partial charge is 0.458 e. The van der Waals surface area contributed by atoms with Gasteiger partial charge in [0.25, 0.3) is 0 Å². The van der Waals surface area contributed by atoms with Crippen molar-refractivity contribution in [3.63, 3.8) is 0 Å². The van der Waals surface area contributed by atoms with E-state index in [0.29, 0.717) is 26.3 Å². The van der Waals surface area contributed by atoms with Gasteiger partial charge in [-0.3, -0.25) is 4.79 Å². The topological polar surface area (TPSA) is 85.4 Å². The van der Waals surface area contributed by atoms with Crippen molar-refractivity contribution in [1.29, 1.82) is 0 Å². The van der Waals surface area contributed by atoms with Crippen LogP contribution in [-0.2, 0) is 36.8 Å². The molecule has 0 radical (unpaired) electrons. The third kappa shape index (κ3) is 7.09. The van der Waals surface area contributed by atoms with Gasteiger partial charge in [0.05, 0.1) is 13.2 Å². The Balaban J connectivity index is 1.60. The van der Waals surface area contributed by atoms with Crippen LogP contribution in [-0.4, -0.2) is 73.8 Å². The van der Waals surface area contributed by atoms with Crippen LogP contribution in [0, 0.1) is 0 Å². The molecule has 8 nitrogen and oxygen atoms in total. The van der Waals surface area contributed by atoms with Crippen LogP contribution in [0.3, 0.4) is 0 Å². The van der Waals surface area contributed by atoms with Crippen LogP contribution < -0.4 is 0 Å². The van der Waals surface area contributed by atoms with E-state index < -0.39 is 18.2 Å². The number of amides is 2. The molecule has 0 spiro atoms. The number of morpholine rings is 1. The second kappa shape index (κ2) is 11.9. The standard InChI is InChI=1S/C24H28N2O6/c1-25(17-22(27)26-12-14-30-15-13-26)24(29)32-21(16-19-8-4-2-5-9-19)23(28)31-18-20-10-6-3-7-11-20/h2-11,21H,12-18H2,1H3/t21-/m0/s1. The summed E-state index contributed by atoms with van der Waals surface area (Å²) in [5.41, 5.74) is 1.66. The second-order valence-electron chi connectivity index (χ2n) is 7.50. The zero-order valence-corrected chi connectivity index (χ0v) is 18.1. The Morgan fingerprint density at radius 3 is 2.19 bits per heavy atom. The van der Waals surface area contributed by atoms with Crippen molar-refractivity contribution in [3.8, 4) is 0 Å². The maximum absolute atomic E-state index is 12.7. The van der Waals surface area contributed by atoms with Crippen molar-refractivity contribution < 1.29 is 28.6 Å². The van der Waals surface area contributed by atoms with Crippen LogP contribution in [0.15, 0.2) is 60.7 Å². The molecular weight excluding hydrogens is 412 g/mol. The first-order chi connectivity index (χ1) is 15.5. The van der Waals surface area contributed by atoms with E-state index in [9.17, 15) is 14.4 Å². The summed E-state index contributed by atoms with van der Waals surface area (Å²) in [6.45, 7) is 1.87. The Bertz CT molecular complexity index is 884. The Morgan fingerprint density at radius 1 is 0.969 bits per heavy atom. The van der Waals surface area contributed by atoms with Gasteiger partial charge in [-0.2, -0.15) is 0 Å². The molecule has 170 valence electrons. The van der Waals surface area contributed by atoms with Gasteiger partial charge in [0.1, 0.15) is 13.2 Å². The first-order valence-corrected chi connectivity index (χ1v) is 10.5. The van der Waals surface area contributed by atoms with Gasteiger partial charge in [0.2, 0.25) is 12.0 Å². The Morgan fingerprint density at radius 2 is 1.56 bits per heavy atom. The van der Waals surface area contributed by atoms with Crippen molar-refractivity contribution in [1.82, 2.24) is 9.80 Å². The van der Waals surface area contributed by atoms with Crippen LogP contribution in [0.1, 0.15) is 11.1 Å². The predicted molar refractivity (Wildman–Crippen MR) is 117 cm³/mol. The number of esters is 1. The summed E-state index contributed by atoms with van der Waals surface area (Å²) in [6, 6.07) is 18.5. The first-order valence-electron chi connectivity index (χ1n) is 10.5. The molecule has 8 heteroatoms. The van der Waals surface area contributed by atoms with Crippen molar-refractivity contribution >= 4 is 18.0 Å². The van der Waals surface area contributed by atoms with Crippen LogP contribution in [0.2, 0.25) is 0 Å². The lowest BCUT2D eigenvalue weighted by Crippen LogP contribution is -2.47.